The molecule has 1 aliphatic heterocycles. The zero-order chi connectivity index (χ0) is 18.0. The number of hydrogen-bond donors (Lipinski definition) is 3. The van der Waals surface area contributed by atoms with Crippen LogP contribution in [0, 0.1) is 0 Å². The van der Waals surface area contributed by atoms with Crippen LogP contribution in [0.1, 0.15) is 12.8 Å². The van der Waals surface area contributed by atoms with Crippen molar-refractivity contribution in [3.8, 4) is 5.75 Å². The van der Waals surface area contributed by atoms with Crippen molar-refractivity contribution in [1.82, 2.24) is 15.3 Å². The van der Waals surface area contributed by atoms with E-state index in [0.29, 0.717) is 31.7 Å². The molecule has 1 aromatic carbocycles. The molecular weight excluding hydrogens is 347 g/mol. The summed E-state index contributed by atoms with van der Waals surface area (Å²) in [5, 5.41) is 3.28. The highest BCUT2D eigenvalue weighted by Crippen LogP contribution is 2.36. The van der Waals surface area contributed by atoms with Crippen molar-refractivity contribution < 1.29 is 23.9 Å². The van der Waals surface area contributed by atoms with Gasteiger partial charge in [-0.1, -0.05) is 6.07 Å². The summed E-state index contributed by atoms with van der Waals surface area (Å²) < 4.78 is 16.3. The highest BCUT2D eigenvalue weighted by atomic mass is 31.2. The van der Waals surface area contributed by atoms with E-state index in [1.807, 2.05) is 18.2 Å². The third-order valence-corrected chi connectivity index (χ3v) is 4.87. The molecule has 2 heterocycles. The molecule has 0 saturated carbocycles. The fraction of sp³-hybridized carbons (Fsp3) is 0.400. The molecule has 2 aromatic rings. The lowest BCUT2D eigenvalue weighted by atomic mass is 10.0. The second-order valence-electron chi connectivity index (χ2n) is 5.81. The first-order valence-electron chi connectivity index (χ1n) is 7.79. The summed E-state index contributed by atoms with van der Waals surface area (Å²) in [6, 6.07) is 5.37. The monoisotopic (exact) mass is 366 g/mol. The molecule has 10 heteroatoms. The van der Waals surface area contributed by atoms with Gasteiger partial charge in [0.2, 0.25) is 0 Å². The van der Waals surface area contributed by atoms with Crippen LogP contribution in [-0.4, -0.2) is 51.6 Å². The van der Waals surface area contributed by atoms with Crippen molar-refractivity contribution in [3.05, 3.63) is 24.5 Å². The number of benzene rings is 1. The Labute approximate surface area is 144 Å². The summed E-state index contributed by atoms with van der Waals surface area (Å²) in [4.78, 5) is 39.9. The predicted molar refractivity (Wildman–Crippen MR) is 91.9 cm³/mol. The zero-order valence-corrected chi connectivity index (χ0v) is 14.5. The fourth-order valence-electron chi connectivity index (χ4n) is 2.96. The molecule has 0 atom stereocenters. The van der Waals surface area contributed by atoms with Gasteiger partial charge in [0.25, 0.3) is 0 Å². The van der Waals surface area contributed by atoms with Crippen molar-refractivity contribution in [1.29, 1.82) is 0 Å². The molecule has 0 bridgehead atoms. The molecule has 9 nitrogen and oxygen atoms in total. The van der Waals surface area contributed by atoms with E-state index in [0.717, 1.165) is 16.7 Å². The highest BCUT2D eigenvalue weighted by molar-refractivity contribution is 7.69. The maximum Gasteiger partial charge on any atom is 0.413 e. The van der Waals surface area contributed by atoms with E-state index in [4.69, 9.17) is 14.5 Å². The van der Waals surface area contributed by atoms with Crippen LogP contribution in [0.4, 0.5) is 10.6 Å². The summed E-state index contributed by atoms with van der Waals surface area (Å²) in [6.45, 7) is 1.21. The van der Waals surface area contributed by atoms with Gasteiger partial charge in [-0.15, -0.1) is 0 Å². The quantitative estimate of drug-likeness (QED) is 0.695. The molecule has 1 amide bonds. The molecule has 0 radical (unpaired) electrons. The van der Waals surface area contributed by atoms with Gasteiger partial charge in [0.1, 0.15) is 23.4 Å². The molecule has 0 aliphatic carbocycles. The van der Waals surface area contributed by atoms with Crippen LogP contribution in [0.2, 0.25) is 0 Å². The molecule has 1 aliphatic rings. The zero-order valence-electron chi connectivity index (χ0n) is 13.6. The van der Waals surface area contributed by atoms with Gasteiger partial charge in [0.05, 0.1) is 7.11 Å². The Kier molecular flexibility index (Phi) is 4.89. The molecule has 134 valence electrons. The number of rotatable bonds is 4. The summed E-state index contributed by atoms with van der Waals surface area (Å²) in [5.41, 5.74) is -0.491. The number of fused-ring (bicyclic) bond motifs is 1. The normalized spacial score (nSPS) is 16.0. The van der Waals surface area contributed by atoms with Gasteiger partial charge in [-0.05, 0) is 25.0 Å². The van der Waals surface area contributed by atoms with Gasteiger partial charge in [-0.3, -0.25) is 4.79 Å². The number of carbonyl (C=O) groups is 1. The van der Waals surface area contributed by atoms with Crippen molar-refractivity contribution >= 4 is 30.0 Å². The van der Waals surface area contributed by atoms with Crippen LogP contribution in [0.3, 0.4) is 0 Å². The van der Waals surface area contributed by atoms with E-state index < -0.39 is 13.2 Å². The molecule has 0 unspecified atom stereocenters. The highest BCUT2D eigenvalue weighted by Gasteiger charge is 2.30. The number of amides is 1. The molecule has 3 N–H and O–H groups in total. The van der Waals surface area contributed by atoms with Crippen LogP contribution in [0.15, 0.2) is 24.5 Å². The van der Waals surface area contributed by atoms with Gasteiger partial charge < -0.3 is 24.7 Å². The Hall–Kier alpha value is -2.22. The standard InChI is InChI=1S/C15H19N4O5P/c1-24-12-4-2-3-11-13(12)16-9-17-14(11)19-7-5-10(6-8-19)18-15(20)25(21,22)23/h2-4,9-10H,5-8H2,1H3,(H,18,20)(H2,21,22,23). The predicted octanol–water partition coefficient (Wildman–Crippen LogP) is 1.49. The van der Waals surface area contributed by atoms with Crippen molar-refractivity contribution in [2.45, 2.75) is 18.9 Å². The summed E-state index contributed by atoms with van der Waals surface area (Å²) in [5.74, 6) is 1.45. The third kappa shape index (κ3) is 3.73. The van der Waals surface area contributed by atoms with Gasteiger partial charge in [-0.2, -0.15) is 0 Å². The summed E-state index contributed by atoms with van der Waals surface area (Å²) in [7, 11) is -3.15. The van der Waals surface area contributed by atoms with E-state index in [1.54, 1.807) is 7.11 Å². The Bertz CT molecular complexity index is 832. The van der Waals surface area contributed by atoms with Crippen LogP contribution in [-0.2, 0) is 4.57 Å². The number of methoxy groups -OCH3 is 1. The molecule has 1 fully saturated rings. The molecule has 1 aromatic heterocycles. The largest absolute Gasteiger partial charge is 0.494 e. The molecule has 25 heavy (non-hydrogen) atoms. The van der Waals surface area contributed by atoms with Crippen LogP contribution < -0.4 is 15.0 Å². The van der Waals surface area contributed by atoms with Gasteiger partial charge in [0.15, 0.2) is 0 Å². The number of nitrogens with zero attached hydrogens (tertiary/aromatic N) is 3. The number of para-hydroxylation sites is 1. The molecular formula is C15H19N4O5P. The minimum atomic E-state index is -4.74. The Balaban J connectivity index is 1.75. The second kappa shape index (κ2) is 6.95. The first-order chi connectivity index (χ1) is 11.9. The Morgan fingerprint density at radius 3 is 2.68 bits per heavy atom. The number of nitrogens with one attached hydrogen (secondary N) is 1. The summed E-state index contributed by atoms with van der Waals surface area (Å²) in [6.07, 6.45) is 2.63. The lowest BCUT2D eigenvalue weighted by molar-refractivity contribution is 0.243. The summed E-state index contributed by atoms with van der Waals surface area (Å²) >= 11 is 0. The average Bonchev–Trinajstić information content (AvgIpc) is 2.60. The van der Waals surface area contributed by atoms with Gasteiger partial charge in [-0.25, -0.2) is 14.5 Å². The number of aromatic nitrogens is 2. The topological polar surface area (TPSA) is 125 Å². The third-order valence-electron chi connectivity index (χ3n) is 4.21. The van der Waals surface area contributed by atoms with E-state index in [2.05, 4.69) is 20.2 Å². The van der Waals surface area contributed by atoms with Crippen LogP contribution in [0.25, 0.3) is 10.9 Å². The Morgan fingerprint density at radius 1 is 1.32 bits per heavy atom. The van der Waals surface area contributed by atoms with E-state index in [-0.39, 0.29) is 6.04 Å². The Morgan fingerprint density at radius 2 is 2.04 bits per heavy atom. The van der Waals surface area contributed by atoms with Crippen molar-refractivity contribution in [2.75, 3.05) is 25.1 Å². The maximum atomic E-state index is 11.4. The number of hydrogen-bond acceptors (Lipinski definition) is 6. The SMILES string of the molecule is COc1cccc2c(N3CCC(NC(=O)P(=O)(O)O)CC3)ncnc12. The number of ether oxygens (including phenoxy) is 1. The van der Waals surface area contributed by atoms with Crippen molar-refractivity contribution in [3.63, 3.8) is 0 Å². The number of carbonyl (C=O) groups excluding carboxylic acids is 1. The molecule has 1 saturated heterocycles. The first kappa shape index (κ1) is 17.6. The van der Waals surface area contributed by atoms with E-state index >= 15 is 0 Å². The maximum absolute atomic E-state index is 11.4. The smallest absolute Gasteiger partial charge is 0.413 e. The lowest BCUT2D eigenvalue weighted by Gasteiger charge is -2.33. The minimum Gasteiger partial charge on any atom is -0.494 e. The number of piperidine rings is 1. The molecule has 3 rings (SSSR count). The van der Waals surface area contributed by atoms with E-state index in [9.17, 15) is 9.36 Å². The molecule has 0 spiro atoms. The fourth-order valence-corrected chi connectivity index (χ4v) is 3.31. The average molecular weight is 366 g/mol. The van der Waals surface area contributed by atoms with Gasteiger partial charge >= 0.3 is 13.2 Å². The second-order valence-corrected chi connectivity index (χ2v) is 7.30. The first-order valence-corrected chi connectivity index (χ1v) is 9.40. The van der Waals surface area contributed by atoms with Crippen LogP contribution in [0.5, 0.6) is 5.75 Å². The lowest BCUT2D eigenvalue weighted by Crippen LogP contribution is -2.44. The van der Waals surface area contributed by atoms with Crippen LogP contribution >= 0.6 is 7.60 Å². The van der Waals surface area contributed by atoms with Gasteiger partial charge in [0, 0.05) is 24.5 Å². The number of anilines is 1. The minimum absolute atomic E-state index is 0.265. The van der Waals surface area contributed by atoms with E-state index in [1.165, 1.54) is 6.33 Å². The van der Waals surface area contributed by atoms with Crippen molar-refractivity contribution in [2.24, 2.45) is 0 Å².